The Morgan fingerprint density at radius 3 is 2.54 bits per heavy atom. The third-order valence-electron chi connectivity index (χ3n) is 5.13. The number of hydrogen-bond acceptors (Lipinski definition) is 3. The van der Waals surface area contributed by atoms with Gasteiger partial charge in [-0.3, -0.25) is 4.98 Å². The van der Waals surface area contributed by atoms with Crippen molar-refractivity contribution in [3.63, 3.8) is 0 Å². The Morgan fingerprint density at radius 1 is 1.04 bits per heavy atom. The second kappa shape index (κ2) is 6.63. The van der Waals surface area contributed by atoms with E-state index in [9.17, 15) is 0 Å². The van der Waals surface area contributed by atoms with E-state index in [1.54, 1.807) is 19.5 Å². The van der Waals surface area contributed by atoms with Gasteiger partial charge in [0.25, 0.3) is 0 Å². The molecule has 0 saturated heterocycles. The van der Waals surface area contributed by atoms with E-state index < -0.39 is 0 Å². The molecule has 1 N–H and O–H groups in total. The van der Waals surface area contributed by atoms with Crippen molar-refractivity contribution >= 4 is 11.2 Å². The fourth-order valence-electron chi connectivity index (χ4n) is 3.85. The van der Waals surface area contributed by atoms with Crippen LogP contribution < -0.4 is 4.74 Å². The lowest BCUT2D eigenvalue weighted by Gasteiger charge is -2.21. The molecular weight excluding hydrogens is 298 g/mol. The number of fused-ring (bicyclic) bond motifs is 1. The highest BCUT2D eigenvalue weighted by Crippen LogP contribution is 2.34. The third-order valence-corrected chi connectivity index (χ3v) is 5.13. The molecule has 1 aromatic carbocycles. The number of ether oxygens (including phenoxy) is 1. The Bertz CT molecular complexity index is 817. The molecule has 24 heavy (non-hydrogen) atoms. The number of aromatic amines is 1. The maximum Gasteiger partial charge on any atom is 0.156 e. The smallest absolute Gasteiger partial charge is 0.156 e. The van der Waals surface area contributed by atoms with E-state index in [-0.39, 0.29) is 0 Å². The minimum atomic E-state index is 0.761. The molecule has 4 nitrogen and oxygen atoms in total. The van der Waals surface area contributed by atoms with Gasteiger partial charge in [0, 0.05) is 18.0 Å². The molecule has 0 bridgehead atoms. The molecule has 124 valence electrons. The minimum Gasteiger partial charge on any atom is -0.497 e. The van der Waals surface area contributed by atoms with Crippen LogP contribution >= 0.6 is 0 Å². The lowest BCUT2D eigenvalue weighted by molar-refractivity contribution is 0.357. The van der Waals surface area contributed by atoms with Crippen molar-refractivity contribution in [1.29, 1.82) is 0 Å². The van der Waals surface area contributed by atoms with Crippen LogP contribution in [-0.4, -0.2) is 22.1 Å². The Balaban J connectivity index is 1.76. The fourth-order valence-corrected chi connectivity index (χ4v) is 3.85. The number of hydrogen-bond donors (Lipinski definition) is 1. The Kier molecular flexibility index (Phi) is 4.20. The highest BCUT2D eigenvalue weighted by atomic mass is 16.5. The molecule has 0 aliphatic heterocycles. The molecule has 4 rings (SSSR count). The SMILES string of the molecule is COc1ccc(-c2[nH]c3nccnc3c2CC2CCCCC2)cc1. The molecule has 1 aliphatic carbocycles. The van der Waals surface area contributed by atoms with Gasteiger partial charge in [-0.15, -0.1) is 0 Å². The van der Waals surface area contributed by atoms with Crippen molar-refractivity contribution in [3.8, 4) is 17.0 Å². The van der Waals surface area contributed by atoms with Gasteiger partial charge < -0.3 is 9.72 Å². The summed E-state index contributed by atoms with van der Waals surface area (Å²) in [4.78, 5) is 12.6. The van der Waals surface area contributed by atoms with Gasteiger partial charge in [0.1, 0.15) is 11.3 Å². The summed E-state index contributed by atoms with van der Waals surface area (Å²) in [5, 5.41) is 0. The van der Waals surface area contributed by atoms with Gasteiger partial charge in [0.2, 0.25) is 0 Å². The molecule has 0 atom stereocenters. The average molecular weight is 321 g/mol. The summed E-state index contributed by atoms with van der Waals surface area (Å²) >= 11 is 0. The predicted octanol–water partition coefficient (Wildman–Crippen LogP) is 4.76. The number of methoxy groups -OCH3 is 1. The van der Waals surface area contributed by atoms with Gasteiger partial charge in [-0.2, -0.15) is 0 Å². The summed E-state index contributed by atoms with van der Waals surface area (Å²) in [6.07, 6.45) is 11.4. The molecule has 1 saturated carbocycles. The highest BCUT2D eigenvalue weighted by Gasteiger charge is 2.21. The number of nitrogens with one attached hydrogen (secondary N) is 1. The molecule has 0 spiro atoms. The molecular formula is C20H23N3O. The van der Waals surface area contributed by atoms with Crippen LogP contribution in [0.2, 0.25) is 0 Å². The first-order chi connectivity index (χ1) is 11.8. The topological polar surface area (TPSA) is 50.8 Å². The van der Waals surface area contributed by atoms with Crippen molar-refractivity contribution in [2.75, 3.05) is 7.11 Å². The third kappa shape index (κ3) is 2.88. The van der Waals surface area contributed by atoms with Gasteiger partial charge in [-0.1, -0.05) is 32.1 Å². The molecule has 0 radical (unpaired) electrons. The largest absolute Gasteiger partial charge is 0.497 e. The predicted molar refractivity (Wildman–Crippen MR) is 96.2 cm³/mol. The average Bonchev–Trinajstić information content (AvgIpc) is 3.01. The van der Waals surface area contributed by atoms with Crippen molar-refractivity contribution in [1.82, 2.24) is 15.0 Å². The van der Waals surface area contributed by atoms with Gasteiger partial charge in [-0.05, 0) is 42.2 Å². The first kappa shape index (κ1) is 15.2. The van der Waals surface area contributed by atoms with Crippen LogP contribution in [0.4, 0.5) is 0 Å². The lowest BCUT2D eigenvalue weighted by atomic mass is 9.84. The van der Waals surface area contributed by atoms with Crippen molar-refractivity contribution in [3.05, 3.63) is 42.2 Å². The Hall–Kier alpha value is -2.36. The van der Waals surface area contributed by atoms with Gasteiger partial charge in [0.05, 0.1) is 12.8 Å². The van der Waals surface area contributed by atoms with E-state index in [1.165, 1.54) is 43.2 Å². The zero-order chi connectivity index (χ0) is 16.4. The summed E-state index contributed by atoms with van der Waals surface area (Å²) in [5.41, 5.74) is 5.55. The maximum atomic E-state index is 5.28. The Labute approximate surface area is 142 Å². The summed E-state index contributed by atoms with van der Waals surface area (Å²) in [6, 6.07) is 8.22. The van der Waals surface area contributed by atoms with E-state index in [2.05, 4.69) is 27.1 Å². The summed E-state index contributed by atoms with van der Waals surface area (Å²) in [6.45, 7) is 0. The van der Waals surface area contributed by atoms with Crippen LogP contribution in [0.1, 0.15) is 37.7 Å². The standard InChI is InChI=1S/C20H23N3O/c1-24-16-9-7-15(8-10-16)18-17(13-14-5-3-2-4-6-14)19-20(23-18)22-12-11-21-19/h7-12,14H,2-6,13H2,1H3,(H,22,23). The summed E-state index contributed by atoms with van der Waals surface area (Å²) in [5.74, 6) is 1.64. The van der Waals surface area contributed by atoms with Crippen LogP contribution in [0.25, 0.3) is 22.4 Å². The van der Waals surface area contributed by atoms with Crippen LogP contribution in [0.3, 0.4) is 0 Å². The first-order valence-electron chi connectivity index (χ1n) is 8.81. The second-order valence-electron chi connectivity index (χ2n) is 6.67. The molecule has 0 unspecified atom stereocenters. The molecule has 3 aromatic rings. The summed E-state index contributed by atoms with van der Waals surface area (Å²) < 4.78 is 5.28. The van der Waals surface area contributed by atoms with E-state index >= 15 is 0 Å². The molecule has 1 aliphatic rings. The normalized spacial score (nSPS) is 15.7. The monoisotopic (exact) mass is 321 g/mol. The van der Waals surface area contributed by atoms with Crippen molar-refractivity contribution in [2.45, 2.75) is 38.5 Å². The molecule has 0 amide bonds. The number of aromatic nitrogens is 3. The van der Waals surface area contributed by atoms with Gasteiger partial charge in [-0.25, -0.2) is 4.98 Å². The molecule has 2 aromatic heterocycles. The Morgan fingerprint density at radius 2 is 1.79 bits per heavy atom. The number of rotatable bonds is 4. The second-order valence-corrected chi connectivity index (χ2v) is 6.67. The first-order valence-corrected chi connectivity index (χ1v) is 8.81. The van der Waals surface area contributed by atoms with E-state index in [0.717, 1.165) is 34.9 Å². The van der Waals surface area contributed by atoms with E-state index in [1.807, 2.05) is 12.1 Å². The quantitative estimate of drug-likeness (QED) is 0.754. The minimum absolute atomic E-state index is 0.761. The maximum absolute atomic E-state index is 5.28. The van der Waals surface area contributed by atoms with Crippen LogP contribution in [-0.2, 0) is 6.42 Å². The number of H-pyrrole nitrogens is 1. The molecule has 4 heteroatoms. The van der Waals surface area contributed by atoms with Crippen molar-refractivity contribution < 1.29 is 4.74 Å². The van der Waals surface area contributed by atoms with Crippen LogP contribution in [0.5, 0.6) is 5.75 Å². The van der Waals surface area contributed by atoms with Crippen LogP contribution in [0.15, 0.2) is 36.7 Å². The van der Waals surface area contributed by atoms with E-state index in [4.69, 9.17) is 4.74 Å². The lowest BCUT2D eigenvalue weighted by Crippen LogP contribution is -2.09. The van der Waals surface area contributed by atoms with Crippen LogP contribution in [0, 0.1) is 5.92 Å². The van der Waals surface area contributed by atoms with Gasteiger partial charge >= 0.3 is 0 Å². The fraction of sp³-hybridized carbons (Fsp3) is 0.400. The molecule has 1 fully saturated rings. The highest BCUT2D eigenvalue weighted by molar-refractivity contribution is 5.85. The van der Waals surface area contributed by atoms with E-state index in [0.29, 0.717) is 0 Å². The molecule has 2 heterocycles. The van der Waals surface area contributed by atoms with Gasteiger partial charge in [0.15, 0.2) is 5.65 Å². The number of nitrogens with zero attached hydrogens (tertiary/aromatic N) is 2. The summed E-state index contributed by atoms with van der Waals surface area (Å²) in [7, 11) is 1.69. The zero-order valence-corrected chi connectivity index (χ0v) is 14.1. The zero-order valence-electron chi connectivity index (χ0n) is 14.1. The number of benzene rings is 1. The van der Waals surface area contributed by atoms with Crippen molar-refractivity contribution in [2.24, 2.45) is 5.92 Å².